The zero-order valence-electron chi connectivity index (χ0n) is 10.4. The number of amides is 1. The number of methoxy groups -OCH3 is 1. The van der Waals surface area contributed by atoms with E-state index in [1.54, 1.807) is 7.11 Å². The van der Waals surface area contributed by atoms with Gasteiger partial charge in [-0.05, 0) is 13.5 Å². The van der Waals surface area contributed by atoms with Gasteiger partial charge in [0, 0.05) is 46.4 Å². The third-order valence-electron chi connectivity index (χ3n) is 2.81. The van der Waals surface area contributed by atoms with Gasteiger partial charge in [0.25, 0.3) is 0 Å². The van der Waals surface area contributed by atoms with Crippen LogP contribution in [0.2, 0.25) is 0 Å². The summed E-state index contributed by atoms with van der Waals surface area (Å²) in [6.07, 6.45) is 0.880. The highest BCUT2D eigenvalue weighted by atomic mass is 16.5. The van der Waals surface area contributed by atoms with Gasteiger partial charge in [-0.15, -0.1) is 0 Å². The fraction of sp³-hybridized carbons (Fsp3) is 0.909. The molecule has 1 aliphatic rings. The van der Waals surface area contributed by atoms with E-state index in [0.29, 0.717) is 19.7 Å². The largest absolute Gasteiger partial charge is 0.385 e. The monoisotopic (exact) mass is 229 g/mol. The van der Waals surface area contributed by atoms with Gasteiger partial charge >= 0.3 is 0 Å². The fourth-order valence-electron chi connectivity index (χ4n) is 1.71. The SMILES string of the molecule is COCCCNC(=O)CN1CCN(C)CC1. The maximum Gasteiger partial charge on any atom is 0.234 e. The average Bonchev–Trinajstić information content (AvgIpc) is 2.28. The van der Waals surface area contributed by atoms with Gasteiger partial charge in [-0.25, -0.2) is 0 Å². The first-order chi connectivity index (χ1) is 7.72. The Balaban J connectivity index is 2.05. The first-order valence-electron chi connectivity index (χ1n) is 5.89. The van der Waals surface area contributed by atoms with Gasteiger partial charge in [-0.2, -0.15) is 0 Å². The van der Waals surface area contributed by atoms with Gasteiger partial charge in [-0.3, -0.25) is 9.69 Å². The van der Waals surface area contributed by atoms with Crippen LogP contribution in [0.3, 0.4) is 0 Å². The molecular weight excluding hydrogens is 206 g/mol. The number of nitrogens with zero attached hydrogens (tertiary/aromatic N) is 2. The minimum atomic E-state index is 0.126. The molecule has 0 aliphatic carbocycles. The summed E-state index contributed by atoms with van der Waals surface area (Å²) in [5.74, 6) is 0.126. The lowest BCUT2D eigenvalue weighted by molar-refractivity contribution is -0.122. The average molecular weight is 229 g/mol. The highest BCUT2D eigenvalue weighted by molar-refractivity contribution is 5.77. The summed E-state index contributed by atoms with van der Waals surface area (Å²) in [7, 11) is 3.79. The number of likely N-dealkylation sites (N-methyl/N-ethyl adjacent to an activating group) is 1. The van der Waals surface area contributed by atoms with E-state index in [4.69, 9.17) is 4.74 Å². The van der Waals surface area contributed by atoms with Crippen LogP contribution in [0.4, 0.5) is 0 Å². The molecule has 1 amide bonds. The number of hydrogen-bond acceptors (Lipinski definition) is 4. The van der Waals surface area contributed by atoms with Crippen molar-refractivity contribution in [3.05, 3.63) is 0 Å². The van der Waals surface area contributed by atoms with Crippen LogP contribution in [0.15, 0.2) is 0 Å². The highest BCUT2D eigenvalue weighted by Crippen LogP contribution is 1.97. The molecule has 1 rings (SSSR count). The Morgan fingerprint density at radius 3 is 2.62 bits per heavy atom. The molecule has 0 aromatic rings. The predicted octanol–water partition coefficient (Wildman–Crippen LogP) is -0.613. The van der Waals surface area contributed by atoms with Gasteiger partial charge in [0.05, 0.1) is 6.54 Å². The summed E-state index contributed by atoms with van der Waals surface area (Å²) in [6, 6.07) is 0. The zero-order chi connectivity index (χ0) is 11.8. The van der Waals surface area contributed by atoms with Crippen molar-refractivity contribution in [1.82, 2.24) is 15.1 Å². The molecular formula is C11H23N3O2. The quantitative estimate of drug-likeness (QED) is 0.617. The first-order valence-corrected chi connectivity index (χ1v) is 5.89. The second kappa shape index (κ2) is 7.60. The van der Waals surface area contributed by atoms with Crippen LogP contribution in [0, 0.1) is 0 Å². The Hall–Kier alpha value is -0.650. The number of piperazine rings is 1. The lowest BCUT2D eigenvalue weighted by atomic mass is 10.3. The second-order valence-corrected chi connectivity index (χ2v) is 4.28. The summed E-state index contributed by atoms with van der Waals surface area (Å²) >= 11 is 0. The van der Waals surface area contributed by atoms with E-state index in [-0.39, 0.29) is 5.91 Å². The van der Waals surface area contributed by atoms with Crippen LogP contribution >= 0.6 is 0 Å². The lowest BCUT2D eigenvalue weighted by Crippen LogP contribution is -2.48. The Morgan fingerprint density at radius 2 is 2.00 bits per heavy atom. The Bertz CT molecular complexity index is 203. The Labute approximate surface area is 97.7 Å². The smallest absolute Gasteiger partial charge is 0.234 e. The molecule has 1 saturated heterocycles. The number of carbonyl (C=O) groups is 1. The minimum Gasteiger partial charge on any atom is -0.385 e. The normalized spacial score (nSPS) is 18.6. The van der Waals surface area contributed by atoms with E-state index in [1.165, 1.54) is 0 Å². The molecule has 0 radical (unpaired) electrons. The van der Waals surface area contributed by atoms with E-state index < -0.39 is 0 Å². The van der Waals surface area contributed by atoms with Gasteiger partial charge in [0.1, 0.15) is 0 Å². The molecule has 16 heavy (non-hydrogen) atoms. The Kier molecular flexibility index (Phi) is 6.37. The molecule has 5 heteroatoms. The van der Waals surface area contributed by atoms with E-state index >= 15 is 0 Å². The van der Waals surface area contributed by atoms with Crippen molar-refractivity contribution >= 4 is 5.91 Å². The second-order valence-electron chi connectivity index (χ2n) is 4.28. The molecule has 94 valence electrons. The third kappa shape index (κ3) is 5.44. The minimum absolute atomic E-state index is 0.126. The van der Waals surface area contributed by atoms with Gasteiger partial charge in [0.2, 0.25) is 5.91 Å². The van der Waals surface area contributed by atoms with Crippen molar-refractivity contribution in [2.75, 3.05) is 60.0 Å². The van der Waals surface area contributed by atoms with Gasteiger partial charge in [-0.1, -0.05) is 0 Å². The molecule has 0 spiro atoms. The van der Waals surface area contributed by atoms with Crippen molar-refractivity contribution in [1.29, 1.82) is 0 Å². The molecule has 0 aromatic heterocycles. The van der Waals surface area contributed by atoms with E-state index in [9.17, 15) is 4.79 Å². The van der Waals surface area contributed by atoms with Crippen molar-refractivity contribution in [2.45, 2.75) is 6.42 Å². The standard InChI is InChI=1S/C11H23N3O2/c1-13-5-7-14(8-6-13)10-11(15)12-4-3-9-16-2/h3-10H2,1-2H3,(H,12,15). The molecule has 0 aromatic carbocycles. The molecule has 0 unspecified atom stereocenters. The predicted molar refractivity (Wildman–Crippen MR) is 63.4 cm³/mol. The molecule has 0 atom stereocenters. The molecule has 0 saturated carbocycles. The summed E-state index contributed by atoms with van der Waals surface area (Å²) in [4.78, 5) is 16.0. The van der Waals surface area contributed by atoms with Crippen molar-refractivity contribution in [3.8, 4) is 0 Å². The van der Waals surface area contributed by atoms with Crippen LogP contribution in [0.25, 0.3) is 0 Å². The molecule has 0 bridgehead atoms. The van der Waals surface area contributed by atoms with E-state index in [0.717, 1.165) is 32.6 Å². The molecule has 1 fully saturated rings. The fourth-order valence-corrected chi connectivity index (χ4v) is 1.71. The number of rotatable bonds is 6. The van der Waals surface area contributed by atoms with Crippen LogP contribution < -0.4 is 5.32 Å². The Morgan fingerprint density at radius 1 is 1.31 bits per heavy atom. The number of carbonyl (C=O) groups excluding carboxylic acids is 1. The van der Waals surface area contributed by atoms with Crippen LogP contribution in [-0.2, 0) is 9.53 Å². The van der Waals surface area contributed by atoms with Crippen LogP contribution in [-0.4, -0.2) is 75.7 Å². The maximum absolute atomic E-state index is 11.5. The molecule has 1 N–H and O–H groups in total. The van der Waals surface area contributed by atoms with Crippen LogP contribution in [0.1, 0.15) is 6.42 Å². The molecule has 1 aliphatic heterocycles. The van der Waals surface area contributed by atoms with Crippen LogP contribution in [0.5, 0.6) is 0 Å². The highest BCUT2D eigenvalue weighted by Gasteiger charge is 2.15. The summed E-state index contributed by atoms with van der Waals surface area (Å²) < 4.78 is 4.92. The maximum atomic E-state index is 11.5. The number of hydrogen-bond donors (Lipinski definition) is 1. The molecule has 5 nitrogen and oxygen atoms in total. The summed E-state index contributed by atoms with van der Waals surface area (Å²) in [6.45, 7) is 6.02. The summed E-state index contributed by atoms with van der Waals surface area (Å²) in [5, 5.41) is 2.90. The van der Waals surface area contributed by atoms with E-state index in [1.807, 2.05) is 0 Å². The summed E-state index contributed by atoms with van der Waals surface area (Å²) in [5.41, 5.74) is 0. The van der Waals surface area contributed by atoms with Crippen molar-refractivity contribution in [2.24, 2.45) is 0 Å². The van der Waals surface area contributed by atoms with Crippen molar-refractivity contribution in [3.63, 3.8) is 0 Å². The first kappa shape index (κ1) is 13.4. The van der Waals surface area contributed by atoms with E-state index in [2.05, 4.69) is 22.2 Å². The van der Waals surface area contributed by atoms with Crippen molar-refractivity contribution < 1.29 is 9.53 Å². The number of nitrogens with one attached hydrogen (secondary N) is 1. The molecule has 1 heterocycles. The number of ether oxygens (including phenoxy) is 1. The topological polar surface area (TPSA) is 44.8 Å². The third-order valence-corrected chi connectivity index (χ3v) is 2.81. The van der Waals surface area contributed by atoms with Gasteiger partial charge in [0.15, 0.2) is 0 Å². The van der Waals surface area contributed by atoms with Gasteiger partial charge < -0.3 is 15.0 Å². The zero-order valence-corrected chi connectivity index (χ0v) is 10.4. The lowest BCUT2D eigenvalue weighted by Gasteiger charge is -2.31.